The Labute approximate surface area is 144 Å². The van der Waals surface area contributed by atoms with Gasteiger partial charge in [-0.1, -0.05) is 12.1 Å². The molecule has 0 amide bonds. The van der Waals surface area contributed by atoms with E-state index >= 15 is 0 Å². The molecule has 3 rings (SSSR count). The van der Waals surface area contributed by atoms with Crippen LogP contribution in [0.15, 0.2) is 30.5 Å². The molecule has 1 N–H and O–H groups in total. The smallest absolute Gasteiger partial charge is 0.103 e. The molecule has 5 heteroatoms. The van der Waals surface area contributed by atoms with Crippen molar-refractivity contribution in [2.75, 3.05) is 51.2 Å². The maximum atomic E-state index is 9.06. The van der Waals surface area contributed by atoms with Gasteiger partial charge in [0.15, 0.2) is 0 Å². The molecule has 0 radical (unpaired) electrons. The number of allylic oxidation sites excluding steroid dienone is 1. The maximum Gasteiger partial charge on any atom is 0.103 e. The average Bonchev–Trinajstić information content (AvgIpc) is 2.64. The van der Waals surface area contributed by atoms with Gasteiger partial charge in [-0.2, -0.15) is 5.26 Å². The van der Waals surface area contributed by atoms with Crippen molar-refractivity contribution in [1.29, 1.82) is 5.26 Å². The number of rotatable bonds is 3. The number of aliphatic hydroxyl groups is 1. The van der Waals surface area contributed by atoms with Gasteiger partial charge in [-0.3, -0.25) is 4.90 Å². The molecule has 0 bridgehead atoms. The minimum Gasteiger partial charge on any atom is -0.514 e. The Bertz CT molecular complexity index is 603. The summed E-state index contributed by atoms with van der Waals surface area (Å²) in [5.74, 6) is 0. The molecule has 2 aliphatic heterocycles. The van der Waals surface area contributed by atoms with Crippen molar-refractivity contribution >= 4 is 11.3 Å². The van der Waals surface area contributed by atoms with Gasteiger partial charge in [0.05, 0.1) is 11.8 Å². The largest absolute Gasteiger partial charge is 0.514 e. The topological polar surface area (TPSA) is 53.7 Å². The highest BCUT2D eigenvalue weighted by Crippen LogP contribution is 2.23. The van der Waals surface area contributed by atoms with E-state index in [-0.39, 0.29) is 0 Å². The first kappa shape index (κ1) is 16.8. The van der Waals surface area contributed by atoms with Gasteiger partial charge in [0, 0.05) is 37.9 Å². The van der Waals surface area contributed by atoms with Crippen LogP contribution in [-0.2, 0) is 0 Å². The van der Waals surface area contributed by atoms with Crippen LogP contribution in [0.3, 0.4) is 0 Å². The van der Waals surface area contributed by atoms with Gasteiger partial charge in [-0.05, 0) is 50.7 Å². The molecule has 2 fully saturated rings. The second-order valence-corrected chi connectivity index (χ2v) is 6.76. The number of likely N-dealkylation sites (tertiary alicyclic amines) is 1. The van der Waals surface area contributed by atoms with Gasteiger partial charge >= 0.3 is 0 Å². The summed E-state index contributed by atoms with van der Waals surface area (Å²) in [5, 5.41) is 18.0. The molecule has 2 heterocycles. The lowest BCUT2D eigenvalue weighted by molar-refractivity contribution is 0.115. The minimum absolute atomic E-state index is 0.300. The second kappa shape index (κ2) is 7.69. The third-order valence-electron chi connectivity index (χ3n) is 5.31. The van der Waals surface area contributed by atoms with Gasteiger partial charge in [0.25, 0.3) is 0 Å². The molecule has 0 saturated carbocycles. The number of nitrogens with zero attached hydrogens (tertiary/aromatic N) is 4. The van der Waals surface area contributed by atoms with Crippen LogP contribution in [0.5, 0.6) is 0 Å². The summed E-state index contributed by atoms with van der Waals surface area (Å²) >= 11 is 0. The Morgan fingerprint density at radius 1 is 1.08 bits per heavy atom. The van der Waals surface area contributed by atoms with Gasteiger partial charge in [0.2, 0.25) is 0 Å². The van der Waals surface area contributed by atoms with Gasteiger partial charge < -0.3 is 14.9 Å². The Kier molecular flexibility index (Phi) is 5.39. The highest BCUT2D eigenvalue weighted by atomic mass is 16.2. The fourth-order valence-corrected chi connectivity index (χ4v) is 3.73. The molecule has 0 unspecified atom stereocenters. The highest BCUT2D eigenvalue weighted by Gasteiger charge is 2.26. The fourth-order valence-electron chi connectivity index (χ4n) is 3.73. The van der Waals surface area contributed by atoms with E-state index < -0.39 is 0 Å². The molecule has 2 saturated heterocycles. The molecule has 24 heavy (non-hydrogen) atoms. The average molecular weight is 326 g/mol. The zero-order valence-corrected chi connectivity index (χ0v) is 14.4. The van der Waals surface area contributed by atoms with E-state index in [2.05, 4.69) is 21.7 Å². The van der Waals surface area contributed by atoms with E-state index in [1.165, 1.54) is 31.6 Å². The van der Waals surface area contributed by atoms with Crippen LogP contribution in [0.4, 0.5) is 5.69 Å². The molecule has 0 aliphatic carbocycles. The standard InChI is InChI=1S/C19H26N4O/c1-21-8-6-19(7-9-21)23-12-10-22(11-13-23)18-4-2-16(3-5-18)17(14-20)15-24/h2-5,15,19,24H,6-13H2,1H3/b17-15-. The third kappa shape index (κ3) is 3.72. The number of piperazine rings is 1. The van der Waals surface area contributed by atoms with E-state index in [0.717, 1.165) is 44.0 Å². The van der Waals surface area contributed by atoms with E-state index in [1.807, 2.05) is 30.3 Å². The van der Waals surface area contributed by atoms with E-state index in [4.69, 9.17) is 10.4 Å². The van der Waals surface area contributed by atoms with Crippen LogP contribution in [0.25, 0.3) is 5.57 Å². The lowest BCUT2D eigenvalue weighted by Crippen LogP contribution is -2.53. The molecule has 5 nitrogen and oxygen atoms in total. The summed E-state index contributed by atoms with van der Waals surface area (Å²) in [5.41, 5.74) is 2.25. The Hall–Kier alpha value is -2.03. The van der Waals surface area contributed by atoms with Crippen molar-refractivity contribution in [3.63, 3.8) is 0 Å². The summed E-state index contributed by atoms with van der Waals surface area (Å²) in [6.45, 7) is 6.77. The first-order chi connectivity index (χ1) is 11.7. The molecule has 2 aliphatic rings. The molecule has 0 aromatic heterocycles. The van der Waals surface area contributed by atoms with Crippen LogP contribution in [0.2, 0.25) is 0 Å². The molecular formula is C19H26N4O. The first-order valence-corrected chi connectivity index (χ1v) is 8.73. The quantitative estimate of drug-likeness (QED) is 0.682. The molecule has 1 aromatic rings. The van der Waals surface area contributed by atoms with Crippen LogP contribution in [0, 0.1) is 11.3 Å². The third-order valence-corrected chi connectivity index (χ3v) is 5.31. The summed E-state index contributed by atoms with van der Waals surface area (Å²) in [7, 11) is 2.21. The molecule has 1 aromatic carbocycles. The number of hydrogen-bond donors (Lipinski definition) is 1. The van der Waals surface area contributed by atoms with Crippen molar-refractivity contribution in [3.8, 4) is 6.07 Å². The Morgan fingerprint density at radius 3 is 2.25 bits per heavy atom. The van der Waals surface area contributed by atoms with Crippen molar-refractivity contribution in [1.82, 2.24) is 9.80 Å². The normalized spacial score (nSPS) is 21.7. The molecule has 128 valence electrons. The van der Waals surface area contributed by atoms with Crippen LogP contribution in [0.1, 0.15) is 18.4 Å². The number of hydrogen-bond acceptors (Lipinski definition) is 5. The Balaban J connectivity index is 1.56. The van der Waals surface area contributed by atoms with Gasteiger partial charge in [0.1, 0.15) is 6.07 Å². The van der Waals surface area contributed by atoms with Crippen LogP contribution < -0.4 is 4.90 Å². The predicted octanol–water partition coefficient (Wildman–Crippen LogP) is 2.33. The Morgan fingerprint density at radius 2 is 1.71 bits per heavy atom. The molecule has 0 spiro atoms. The number of aliphatic hydroxyl groups excluding tert-OH is 1. The van der Waals surface area contributed by atoms with Crippen molar-refractivity contribution in [2.45, 2.75) is 18.9 Å². The van der Waals surface area contributed by atoms with E-state index in [1.54, 1.807) is 0 Å². The minimum atomic E-state index is 0.300. The number of piperidine rings is 1. The van der Waals surface area contributed by atoms with Gasteiger partial charge in [-0.25, -0.2) is 0 Å². The van der Waals surface area contributed by atoms with Crippen molar-refractivity contribution < 1.29 is 5.11 Å². The zero-order chi connectivity index (χ0) is 16.9. The zero-order valence-electron chi connectivity index (χ0n) is 14.4. The highest BCUT2D eigenvalue weighted by molar-refractivity contribution is 5.76. The van der Waals surface area contributed by atoms with Crippen LogP contribution >= 0.6 is 0 Å². The number of anilines is 1. The van der Waals surface area contributed by atoms with E-state index in [9.17, 15) is 0 Å². The summed E-state index contributed by atoms with van der Waals surface area (Å²) in [6, 6.07) is 10.6. The second-order valence-electron chi connectivity index (χ2n) is 6.76. The van der Waals surface area contributed by atoms with Crippen molar-refractivity contribution in [2.24, 2.45) is 0 Å². The SMILES string of the molecule is CN1CCC(N2CCN(c3ccc(/C(C#N)=C\O)cc3)CC2)CC1. The lowest BCUT2D eigenvalue weighted by atomic mass is 10.0. The molecular weight excluding hydrogens is 300 g/mol. The van der Waals surface area contributed by atoms with Gasteiger partial charge in [-0.15, -0.1) is 0 Å². The number of benzene rings is 1. The lowest BCUT2D eigenvalue weighted by Gasteiger charge is -2.42. The summed E-state index contributed by atoms with van der Waals surface area (Å²) in [6.07, 6.45) is 3.45. The summed E-state index contributed by atoms with van der Waals surface area (Å²) in [4.78, 5) is 7.48. The maximum absolute atomic E-state index is 9.06. The summed E-state index contributed by atoms with van der Waals surface area (Å²) < 4.78 is 0. The molecule has 0 atom stereocenters. The monoisotopic (exact) mass is 326 g/mol. The van der Waals surface area contributed by atoms with Crippen molar-refractivity contribution in [3.05, 3.63) is 36.1 Å². The van der Waals surface area contributed by atoms with Crippen LogP contribution in [-0.4, -0.2) is 67.3 Å². The predicted molar refractivity (Wildman–Crippen MR) is 97.0 cm³/mol. The van der Waals surface area contributed by atoms with E-state index in [0.29, 0.717) is 5.57 Å². The fraction of sp³-hybridized carbons (Fsp3) is 0.526. The number of nitriles is 1. The first-order valence-electron chi connectivity index (χ1n) is 8.73.